The standard InChI is InChI=1S/C8H14F2/c1-6-4-3-5-7(2)8(6,9)10/h6-7H,3-5H2,1-2H3/t6-,7-/m1/s1. The Morgan fingerprint density at radius 2 is 1.50 bits per heavy atom. The first kappa shape index (κ1) is 7.96. The molecule has 1 aliphatic carbocycles. The Labute approximate surface area is 60.6 Å². The van der Waals surface area contributed by atoms with Gasteiger partial charge in [-0.25, -0.2) is 8.78 Å². The van der Waals surface area contributed by atoms with E-state index >= 15 is 0 Å². The Balaban J connectivity index is 2.63. The summed E-state index contributed by atoms with van der Waals surface area (Å²) in [6.45, 7) is 3.30. The highest BCUT2D eigenvalue weighted by Gasteiger charge is 2.44. The Morgan fingerprint density at radius 1 is 1.10 bits per heavy atom. The van der Waals surface area contributed by atoms with E-state index in [1.807, 2.05) is 0 Å². The predicted molar refractivity (Wildman–Crippen MR) is 37.1 cm³/mol. The molecule has 0 nitrogen and oxygen atoms in total. The molecule has 0 aliphatic heterocycles. The van der Waals surface area contributed by atoms with Gasteiger partial charge in [0.1, 0.15) is 0 Å². The number of hydrogen-bond donors (Lipinski definition) is 0. The van der Waals surface area contributed by atoms with Crippen molar-refractivity contribution in [1.29, 1.82) is 0 Å². The van der Waals surface area contributed by atoms with Crippen LogP contribution in [0.5, 0.6) is 0 Å². The molecule has 0 radical (unpaired) electrons. The molecule has 0 spiro atoms. The lowest BCUT2D eigenvalue weighted by atomic mass is 9.80. The fourth-order valence-corrected chi connectivity index (χ4v) is 1.60. The van der Waals surface area contributed by atoms with Crippen LogP contribution in [0.15, 0.2) is 0 Å². The molecule has 0 aromatic heterocycles. The molecule has 1 fully saturated rings. The second-order valence-corrected chi connectivity index (χ2v) is 3.41. The number of halogens is 2. The maximum absolute atomic E-state index is 13.0. The second-order valence-electron chi connectivity index (χ2n) is 3.41. The van der Waals surface area contributed by atoms with Gasteiger partial charge in [0, 0.05) is 11.8 Å². The first-order valence-electron chi connectivity index (χ1n) is 3.93. The van der Waals surface area contributed by atoms with Gasteiger partial charge >= 0.3 is 0 Å². The lowest BCUT2D eigenvalue weighted by Gasteiger charge is -2.34. The van der Waals surface area contributed by atoms with E-state index in [4.69, 9.17) is 0 Å². The third kappa shape index (κ3) is 1.16. The second kappa shape index (κ2) is 2.48. The van der Waals surface area contributed by atoms with Gasteiger partial charge in [0.15, 0.2) is 0 Å². The van der Waals surface area contributed by atoms with Crippen LogP contribution in [0, 0.1) is 11.8 Å². The monoisotopic (exact) mass is 148 g/mol. The molecule has 1 aliphatic rings. The molecule has 60 valence electrons. The summed E-state index contributed by atoms with van der Waals surface area (Å²) in [5, 5.41) is 0. The van der Waals surface area contributed by atoms with Gasteiger partial charge in [0.05, 0.1) is 0 Å². The molecule has 0 amide bonds. The molecule has 1 rings (SSSR count). The lowest BCUT2D eigenvalue weighted by Crippen LogP contribution is -2.37. The summed E-state index contributed by atoms with van der Waals surface area (Å²) >= 11 is 0. The summed E-state index contributed by atoms with van der Waals surface area (Å²) in [6, 6.07) is 0. The van der Waals surface area contributed by atoms with Crippen molar-refractivity contribution in [3.05, 3.63) is 0 Å². The van der Waals surface area contributed by atoms with Crippen molar-refractivity contribution in [1.82, 2.24) is 0 Å². The first-order valence-corrected chi connectivity index (χ1v) is 3.93. The van der Waals surface area contributed by atoms with Crippen LogP contribution in [-0.2, 0) is 0 Å². The Hall–Kier alpha value is -0.140. The average molecular weight is 148 g/mol. The highest BCUT2D eigenvalue weighted by molar-refractivity contribution is 4.83. The molecule has 0 heterocycles. The molecular weight excluding hydrogens is 134 g/mol. The van der Waals surface area contributed by atoms with Gasteiger partial charge in [-0.05, 0) is 12.8 Å². The van der Waals surface area contributed by atoms with Gasteiger partial charge in [0.2, 0.25) is 0 Å². The van der Waals surface area contributed by atoms with Crippen molar-refractivity contribution in [2.45, 2.75) is 39.0 Å². The van der Waals surface area contributed by atoms with Crippen LogP contribution in [0.1, 0.15) is 33.1 Å². The molecule has 0 aromatic carbocycles. The average Bonchev–Trinajstić information content (AvgIpc) is 1.84. The van der Waals surface area contributed by atoms with Crippen molar-refractivity contribution >= 4 is 0 Å². The zero-order valence-electron chi connectivity index (χ0n) is 6.53. The maximum Gasteiger partial charge on any atom is 0.253 e. The number of hydrogen-bond acceptors (Lipinski definition) is 0. The molecular formula is C8H14F2. The van der Waals surface area contributed by atoms with Crippen LogP contribution >= 0.6 is 0 Å². The minimum absolute atomic E-state index is 0.406. The molecule has 0 aromatic rings. The van der Waals surface area contributed by atoms with E-state index in [-0.39, 0.29) is 0 Å². The SMILES string of the molecule is C[C@@H]1CCC[C@@H](C)C1(F)F. The fourth-order valence-electron chi connectivity index (χ4n) is 1.60. The van der Waals surface area contributed by atoms with Crippen LogP contribution < -0.4 is 0 Å². The van der Waals surface area contributed by atoms with Crippen molar-refractivity contribution < 1.29 is 8.78 Å². The minimum Gasteiger partial charge on any atom is -0.206 e. The van der Waals surface area contributed by atoms with Crippen molar-refractivity contribution in [3.63, 3.8) is 0 Å². The van der Waals surface area contributed by atoms with Crippen LogP contribution in [0.4, 0.5) is 8.78 Å². The molecule has 0 saturated heterocycles. The van der Waals surface area contributed by atoms with Crippen molar-refractivity contribution in [2.75, 3.05) is 0 Å². The lowest BCUT2D eigenvalue weighted by molar-refractivity contribution is -0.119. The molecule has 2 heteroatoms. The Kier molecular flexibility index (Phi) is 1.97. The fraction of sp³-hybridized carbons (Fsp3) is 1.00. The smallest absolute Gasteiger partial charge is 0.206 e. The molecule has 0 unspecified atom stereocenters. The summed E-state index contributed by atoms with van der Waals surface area (Å²) in [5.74, 6) is -3.22. The van der Waals surface area contributed by atoms with Crippen LogP contribution in [-0.4, -0.2) is 5.92 Å². The first-order chi connectivity index (χ1) is 4.55. The van der Waals surface area contributed by atoms with Crippen LogP contribution in [0.3, 0.4) is 0 Å². The van der Waals surface area contributed by atoms with E-state index < -0.39 is 17.8 Å². The summed E-state index contributed by atoms with van der Waals surface area (Å²) in [4.78, 5) is 0. The van der Waals surface area contributed by atoms with Crippen LogP contribution in [0.25, 0.3) is 0 Å². The van der Waals surface area contributed by atoms with E-state index in [1.54, 1.807) is 13.8 Å². The largest absolute Gasteiger partial charge is 0.253 e. The molecule has 0 N–H and O–H groups in total. The predicted octanol–water partition coefficient (Wildman–Crippen LogP) is 3.08. The van der Waals surface area contributed by atoms with Crippen molar-refractivity contribution in [3.8, 4) is 0 Å². The Morgan fingerprint density at radius 3 is 1.80 bits per heavy atom. The van der Waals surface area contributed by atoms with E-state index in [2.05, 4.69) is 0 Å². The molecule has 1 saturated carbocycles. The number of alkyl halides is 2. The van der Waals surface area contributed by atoms with Gasteiger partial charge in [-0.3, -0.25) is 0 Å². The van der Waals surface area contributed by atoms with E-state index in [0.717, 1.165) is 6.42 Å². The zero-order chi connectivity index (χ0) is 7.78. The quantitative estimate of drug-likeness (QED) is 0.495. The molecule has 2 atom stereocenters. The third-order valence-electron chi connectivity index (χ3n) is 2.59. The maximum atomic E-state index is 13.0. The van der Waals surface area contributed by atoms with Gasteiger partial charge in [-0.15, -0.1) is 0 Å². The number of rotatable bonds is 0. The zero-order valence-corrected chi connectivity index (χ0v) is 6.53. The Bertz CT molecular complexity index is 108. The molecule has 10 heavy (non-hydrogen) atoms. The summed E-state index contributed by atoms with van der Waals surface area (Å²) in [7, 11) is 0. The highest BCUT2D eigenvalue weighted by atomic mass is 19.3. The van der Waals surface area contributed by atoms with Gasteiger partial charge in [0.25, 0.3) is 5.92 Å². The summed E-state index contributed by atoms with van der Waals surface area (Å²) in [5.41, 5.74) is 0. The van der Waals surface area contributed by atoms with E-state index in [9.17, 15) is 8.78 Å². The van der Waals surface area contributed by atoms with Gasteiger partial charge < -0.3 is 0 Å². The normalized spacial score (nSPS) is 39.6. The highest BCUT2D eigenvalue weighted by Crippen LogP contribution is 2.41. The van der Waals surface area contributed by atoms with Crippen LogP contribution in [0.2, 0.25) is 0 Å². The van der Waals surface area contributed by atoms with Gasteiger partial charge in [-0.1, -0.05) is 20.3 Å². The molecule has 0 bridgehead atoms. The third-order valence-corrected chi connectivity index (χ3v) is 2.59. The van der Waals surface area contributed by atoms with Crippen molar-refractivity contribution in [2.24, 2.45) is 11.8 Å². The van der Waals surface area contributed by atoms with Gasteiger partial charge in [-0.2, -0.15) is 0 Å². The summed E-state index contributed by atoms with van der Waals surface area (Å²) in [6.07, 6.45) is 2.35. The van der Waals surface area contributed by atoms with E-state index in [1.165, 1.54) is 0 Å². The minimum atomic E-state index is -2.40. The van der Waals surface area contributed by atoms with E-state index in [0.29, 0.717) is 12.8 Å². The summed E-state index contributed by atoms with van der Waals surface area (Å²) < 4.78 is 26.0. The topological polar surface area (TPSA) is 0 Å².